The van der Waals surface area contributed by atoms with Gasteiger partial charge in [0.2, 0.25) is 0 Å². The summed E-state index contributed by atoms with van der Waals surface area (Å²) in [5, 5.41) is 2.70. The van der Waals surface area contributed by atoms with Crippen LogP contribution in [0.2, 0.25) is 0 Å². The summed E-state index contributed by atoms with van der Waals surface area (Å²) in [7, 11) is 1.56. The van der Waals surface area contributed by atoms with Gasteiger partial charge in [0.1, 0.15) is 12.8 Å². The van der Waals surface area contributed by atoms with Crippen molar-refractivity contribution in [2.24, 2.45) is 0 Å². The van der Waals surface area contributed by atoms with Gasteiger partial charge in [-0.05, 0) is 11.1 Å². The van der Waals surface area contributed by atoms with Crippen LogP contribution in [0.1, 0.15) is 11.1 Å². The van der Waals surface area contributed by atoms with Crippen LogP contribution in [0.15, 0.2) is 60.7 Å². The normalized spacial score (nSPS) is 11.7. The summed E-state index contributed by atoms with van der Waals surface area (Å²) in [6.07, 6.45) is -0.296. The topological polar surface area (TPSA) is 47.6 Å². The van der Waals surface area contributed by atoms with Gasteiger partial charge in [-0.25, -0.2) is 4.79 Å². The third kappa shape index (κ3) is 5.28. The Labute approximate surface area is 124 Å². The highest BCUT2D eigenvalue weighted by Crippen LogP contribution is 2.05. The van der Waals surface area contributed by atoms with Crippen LogP contribution in [-0.4, -0.2) is 19.4 Å². The van der Waals surface area contributed by atoms with Crippen molar-refractivity contribution in [1.82, 2.24) is 5.32 Å². The van der Waals surface area contributed by atoms with Crippen LogP contribution >= 0.6 is 0 Å². The highest BCUT2D eigenvalue weighted by molar-refractivity contribution is 5.67. The Morgan fingerprint density at radius 3 is 2.14 bits per heavy atom. The number of ether oxygens (including phenoxy) is 2. The molecule has 0 aliphatic heterocycles. The fourth-order valence-electron chi connectivity index (χ4n) is 1.92. The Kier molecular flexibility index (Phi) is 5.79. The van der Waals surface area contributed by atoms with Gasteiger partial charge in [-0.2, -0.15) is 0 Å². The van der Waals surface area contributed by atoms with Gasteiger partial charge in [0.05, 0.1) is 0 Å². The lowest BCUT2D eigenvalue weighted by Crippen LogP contribution is -2.38. The van der Waals surface area contributed by atoms with Gasteiger partial charge >= 0.3 is 6.09 Å². The highest BCUT2D eigenvalue weighted by atomic mass is 16.6. The van der Waals surface area contributed by atoms with Gasteiger partial charge in [0, 0.05) is 13.5 Å². The first-order chi connectivity index (χ1) is 10.3. The molecule has 0 radical (unpaired) electrons. The molecule has 0 aliphatic carbocycles. The number of carbonyl (C=O) groups is 1. The fraction of sp³-hybridized carbons (Fsp3) is 0.235. The SMILES string of the molecule is COC(Cc1ccccc1)NC(=O)OCc1ccccc1. The smallest absolute Gasteiger partial charge is 0.409 e. The third-order valence-corrected chi connectivity index (χ3v) is 3.04. The number of amides is 1. The van der Waals surface area contributed by atoms with Crippen molar-refractivity contribution in [3.05, 3.63) is 71.8 Å². The Bertz CT molecular complexity index is 542. The Morgan fingerprint density at radius 1 is 1.00 bits per heavy atom. The molecular formula is C17H19NO3. The molecule has 1 N–H and O–H groups in total. The zero-order valence-electron chi connectivity index (χ0n) is 12.0. The maximum Gasteiger partial charge on any atom is 0.409 e. The summed E-state index contributed by atoms with van der Waals surface area (Å²) in [4.78, 5) is 11.8. The molecule has 1 amide bonds. The molecule has 110 valence electrons. The number of nitrogens with one attached hydrogen (secondary N) is 1. The Balaban J connectivity index is 1.80. The van der Waals surface area contributed by atoms with E-state index in [-0.39, 0.29) is 6.61 Å². The molecule has 0 saturated carbocycles. The quantitative estimate of drug-likeness (QED) is 0.829. The molecule has 1 unspecified atom stereocenters. The first kappa shape index (κ1) is 15.1. The standard InChI is InChI=1S/C17H19NO3/c1-20-16(12-14-8-4-2-5-9-14)18-17(19)21-13-15-10-6-3-7-11-15/h2-11,16H,12-13H2,1H3,(H,18,19). The predicted molar refractivity (Wildman–Crippen MR) is 80.7 cm³/mol. The van der Waals surface area contributed by atoms with Gasteiger partial charge in [0.15, 0.2) is 0 Å². The van der Waals surface area contributed by atoms with Crippen LogP contribution in [0, 0.1) is 0 Å². The maximum atomic E-state index is 11.8. The van der Waals surface area contributed by atoms with Crippen molar-refractivity contribution < 1.29 is 14.3 Å². The van der Waals surface area contributed by atoms with Crippen molar-refractivity contribution in [2.75, 3.05) is 7.11 Å². The predicted octanol–water partition coefficient (Wildman–Crippen LogP) is 3.13. The van der Waals surface area contributed by atoms with E-state index in [1.165, 1.54) is 0 Å². The number of rotatable bonds is 6. The highest BCUT2D eigenvalue weighted by Gasteiger charge is 2.12. The van der Waals surface area contributed by atoms with E-state index in [2.05, 4.69) is 5.32 Å². The van der Waals surface area contributed by atoms with Crippen LogP contribution in [0.4, 0.5) is 4.79 Å². The summed E-state index contributed by atoms with van der Waals surface area (Å²) in [5.74, 6) is 0. The molecule has 0 bridgehead atoms. The van der Waals surface area contributed by atoms with Crippen LogP contribution in [0.5, 0.6) is 0 Å². The van der Waals surface area contributed by atoms with Crippen molar-refractivity contribution in [3.8, 4) is 0 Å². The van der Waals surface area contributed by atoms with Crippen LogP contribution < -0.4 is 5.32 Å². The second kappa shape index (κ2) is 8.07. The van der Waals surface area contributed by atoms with E-state index in [0.29, 0.717) is 6.42 Å². The molecule has 4 heteroatoms. The molecule has 21 heavy (non-hydrogen) atoms. The molecule has 2 aromatic carbocycles. The van der Waals surface area contributed by atoms with Gasteiger partial charge in [0.25, 0.3) is 0 Å². The van der Waals surface area contributed by atoms with Crippen LogP contribution in [-0.2, 0) is 22.5 Å². The van der Waals surface area contributed by atoms with Gasteiger partial charge in [-0.15, -0.1) is 0 Å². The van der Waals surface area contributed by atoms with Gasteiger partial charge < -0.3 is 9.47 Å². The number of methoxy groups -OCH3 is 1. The molecule has 0 aliphatic rings. The number of carbonyl (C=O) groups excluding carboxylic acids is 1. The van der Waals surface area contributed by atoms with Crippen molar-refractivity contribution >= 4 is 6.09 Å². The molecule has 0 fully saturated rings. The zero-order chi connectivity index (χ0) is 14.9. The summed E-state index contributed by atoms with van der Waals surface area (Å²) in [6.45, 7) is 0.244. The molecule has 4 nitrogen and oxygen atoms in total. The minimum atomic E-state index is -0.485. The van der Waals surface area contributed by atoms with E-state index in [1.807, 2.05) is 60.7 Å². The summed E-state index contributed by atoms with van der Waals surface area (Å²) < 4.78 is 10.4. The van der Waals surface area contributed by atoms with Crippen molar-refractivity contribution in [3.63, 3.8) is 0 Å². The van der Waals surface area contributed by atoms with Gasteiger partial charge in [-0.3, -0.25) is 5.32 Å². The van der Waals surface area contributed by atoms with E-state index in [1.54, 1.807) is 7.11 Å². The molecule has 0 spiro atoms. The lowest BCUT2D eigenvalue weighted by molar-refractivity contribution is 0.0600. The van der Waals surface area contributed by atoms with Crippen molar-refractivity contribution in [1.29, 1.82) is 0 Å². The first-order valence-corrected chi connectivity index (χ1v) is 6.82. The monoisotopic (exact) mass is 285 g/mol. The summed E-state index contributed by atoms with van der Waals surface area (Å²) in [6, 6.07) is 19.4. The first-order valence-electron chi connectivity index (χ1n) is 6.82. The minimum absolute atomic E-state index is 0.244. The van der Waals surface area contributed by atoms with Crippen molar-refractivity contribution in [2.45, 2.75) is 19.3 Å². The fourth-order valence-corrected chi connectivity index (χ4v) is 1.92. The van der Waals surface area contributed by atoms with E-state index in [0.717, 1.165) is 11.1 Å². The molecule has 0 heterocycles. The third-order valence-electron chi connectivity index (χ3n) is 3.04. The summed E-state index contributed by atoms with van der Waals surface area (Å²) >= 11 is 0. The second-order valence-electron chi connectivity index (χ2n) is 4.62. The average molecular weight is 285 g/mol. The number of hydrogen-bond acceptors (Lipinski definition) is 3. The molecule has 0 aromatic heterocycles. The lowest BCUT2D eigenvalue weighted by Gasteiger charge is -2.17. The zero-order valence-corrected chi connectivity index (χ0v) is 12.0. The van der Waals surface area contributed by atoms with Crippen LogP contribution in [0.3, 0.4) is 0 Å². The molecular weight excluding hydrogens is 266 g/mol. The molecule has 2 rings (SSSR count). The van der Waals surface area contributed by atoms with E-state index >= 15 is 0 Å². The lowest BCUT2D eigenvalue weighted by atomic mass is 10.1. The van der Waals surface area contributed by atoms with E-state index < -0.39 is 12.3 Å². The largest absolute Gasteiger partial charge is 0.445 e. The molecule has 1 atom stereocenters. The average Bonchev–Trinajstić information content (AvgIpc) is 2.54. The molecule has 0 saturated heterocycles. The molecule has 2 aromatic rings. The summed E-state index contributed by atoms with van der Waals surface area (Å²) in [5.41, 5.74) is 2.04. The minimum Gasteiger partial charge on any atom is -0.445 e. The second-order valence-corrected chi connectivity index (χ2v) is 4.62. The number of benzene rings is 2. The Hall–Kier alpha value is -2.33. The number of alkyl carbamates (subject to hydrolysis) is 1. The number of hydrogen-bond donors (Lipinski definition) is 1. The van der Waals surface area contributed by atoms with E-state index in [4.69, 9.17) is 9.47 Å². The Morgan fingerprint density at radius 2 is 1.57 bits per heavy atom. The van der Waals surface area contributed by atoms with Crippen LogP contribution in [0.25, 0.3) is 0 Å². The maximum absolute atomic E-state index is 11.8. The van der Waals surface area contributed by atoms with E-state index in [9.17, 15) is 4.79 Å². The van der Waals surface area contributed by atoms with Gasteiger partial charge in [-0.1, -0.05) is 60.7 Å².